The smallest absolute Gasteiger partial charge is 0.393 e. The van der Waals surface area contributed by atoms with Crippen molar-refractivity contribution in [1.29, 1.82) is 0 Å². The van der Waals surface area contributed by atoms with E-state index >= 15 is 0 Å². The highest BCUT2D eigenvalue weighted by atomic mass is 19.4. The van der Waals surface area contributed by atoms with Gasteiger partial charge >= 0.3 is 6.18 Å². The molecule has 0 bridgehead atoms. The van der Waals surface area contributed by atoms with Gasteiger partial charge in [-0.1, -0.05) is 26.0 Å². The summed E-state index contributed by atoms with van der Waals surface area (Å²) in [6, 6.07) is 3.40. The standard InChI is InChI=1S/C29H43F3N4O5/c1-17(2)13-21(26(39)36-15-19(29(30,31)32)14-22(36)27(40)35(8)18(3)4)33-25(38)20-11-9-10-12-23(20)41-16-24(37)34-28(5,6)7/h9-12,17-19,21-22H,13-16H2,1-8H3,(H,33,38)(H,34,37)/t19-,21+,22-/m0/s1. The number of halogens is 3. The molecular weight excluding hydrogens is 541 g/mol. The third kappa shape index (κ3) is 9.64. The van der Waals surface area contributed by atoms with Crippen molar-refractivity contribution in [1.82, 2.24) is 20.4 Å². The van der Waals surface area contributed by atoms with E-state index in [0.717, 1.165) is 4.90 Å². The van der Waals surface area contributed by atoms with Crippen molar-refractivity contribution in [3.05, 3.63) is 29.8 Å². The Morgan fingerprint density at radius 2 is 1.68 bits per heavy atom. The minimum atomic E-state index is -4.59. The summed E-state index contributed by atoms with van der Waals surface area (Å²) >= 11 is 0. The molecule has 0 radical (unpaired) electrons. The van der Waals surface area contributed by atoms with Crippen LogP contribution in [-0.4, -0.2) is 83.5 Å². The largest absolute Gasteiger partial charge is 0.483 e. The lowest BCUT2D eigenvalue weighted by Gasteiger charge is -2.32. The second kappa shape index (κ2) is 13.6. The summed E-state index contributed by atoms with van der Waals surface area (Å²) in [6.07, 6.45) is -4.99. The zero-order valence-electron chi connectivity index (χ0n) is 25.1. The van der Waals surface area contributed by atoms with Crippen molar-refractivity contribution in [2.24, 2.45) is 11.8 Å². The van der Waals surface area contributed by atoms with Crippen LogP contribution in [-0.2, 0) is 14.4 Å². The fourth-order valence-electron chi connectivity index (χ4n) is 4.55. The Balaban J connectivity index is 2.31. The molecule has 1 heterocycles. The minimum absolute atomic E-state index is 0.0550. The van der Waals surface area contributed by atoms with E-state index in [2.05, 4.69) is 10.6 Å². The summed E-state index contributed by atoms with van der Waals surface area (Å²) in [4.78, 5) is 54.8. The maximum Gasteiger partial charge on any atom is 0.393 e. The topological polar surface area (TPSA) is 108 Å². The van der Waals surface area contributed by atoms with Gasteiger partial charge in [-0.25, -0.2) is 0 Å². The summed E-state index contributed by atoms with van der Waals surface area (Å²) < 4.78 is 46.8. The highest BCUT2D eigenvalue weighted by Gasteiger charge is 2.52. The van der Waals surface area contributed by atoms with E-state index in [9.17, 15) is 32.3 Å². The Bertz CT molecular complexity index is 1100. The van der Waals surface area contributed by atoms with Crippen LogP contribution < -0.4 is 15.4 Å². The number of hydrogen-bond acceptors (Lipinski definition) is 5. The number of carbonyl (C=O) groups excluding carboxylic acids is 4. The molecule has 0 saturated carbocycles. The summed E-state index contributed by atoms with van der Waals surface area (Å²) in [5, 5.41) is 5.41. The highest BCUT2D eigenvalue weighted by Crippen LogP contribution is 2.38. The van der Waals surface area contributed by atoms with E-state index < -0.39 is 66.3 Å². The van der Waals surface area contributed by atoms with E-state index in [-0.39, 0.29) is 36.3 Å². The molecule has 0 aliphatic carbocycles. The van der Waals surface area contributed by atoms with Gasteiger partial charge in [0.25, 0.3) is 11.8 Å². The summed E-state index contributed by atoms with van der Waals surface area (Å²) in [7, 11) is 1.49. The molecule has 0 spiro atoms. The Morgan fingerprint density at radius 1 is 1.07 bits per heavy atom. The quantitative estimate of drug-likeness (QED) is 0.436. The first kappa shape index (κ1) is 33.9. The van der Waals surface area contributed by atoms with Crippen LogP contribution in [0.2, 0.25) is 0 Å². The van der Waals surface area contributed by atoms with E-state index in [1.54, 1.807) is 26.0 Å². The molecule has 12 heteroatoms. The number of hydrogen-bond donors (Lipinski definition) is 2. The molecule has 1 aliphatic heterocycles. The summed E-state index contributed by atoms with van der Waals surface area (Å²) in [6.45, 7) is 11.5. The molecule has 1 aromatic carbocycles. The summed E-state index contributed by atoms with van der Waals surface area (Å²) in [5.41, 5.74) is -0.426. The molecule has 1 fully saturated rings. The molecule has 1 saturated heterocycles. The lowest BCUT2D eigenvalue weighted by atomic mass is 10.0. The highest BCUT2D eigenvalue weighted by molar-refractivity contribution is 6.00. The van der Waals surface area contributed by atoms with Gasteiger partial charge in [-0.2, -0.15) is 13.2 Å². The third-order valence-electron chi connectivity index (χ3n) is 6.77. The van der Waals surface area contributed by atoms with Crippen LogP contribution in [0.15, 0.2) is 24.3 Å². The van der Waals surface area contributed by atoms with Crippen molar-refractivity contribution in [3.8, 4) is 5.75 Å². The van der Waals surface area contributed by atoms with Crippen LogP contribution in [0.5, 0.6) is 5.75 Å². The van der Waals surface area contributed by atoms with Crippen molar-refractivity contribution in [2.75, 3.05) is 20.2 Å². The Labute approximate surface area is 240 Å². The van der Waals surface area contributed by atoms with Crippen molar-refractivity contribution in [2.45, 2.75) is 91.1 Å². The van der Waals surface area contributed by atoms with E-state index in [4.69, 9.17) is 4.74 Å². The maximum absolute atomic E-state index is 13.7. The molecular formula is C29H43F3N4O5. The van der Waals surface area contributed by atoms with Gasteiger partial charge in [-0.15, -0.1) is 0 Å². The van der Waals surface area contributed by atoms with Gasteiger partial charge in [-0.3, -0.25) is 19.2 Å². The molecule has 1 aliphatic rings. The zero-order valence-corrected chi connectivity index (χ0v) is 25.1. The predicted octanol–water partition coefficient (Wildman–Crippen LogP) is 3.77. The SMILES string of the molecule is CC(C)C[C@@H](NC(=O)c1ccccc1OCC(=O)NC(C)(C)C)C(=O)N1C[C@@H](C(F)(F)F)C[C@H]1C(=O)N(C)C(C)C. The monoisotopic (exact) mass is 584 g/mol. The number of ether oxygens (including phenoxy) is 1. The van der Waals surface area contributed by atoms with E-state index in [1.165, 1.54) is 24.1 Å². The third-order valence-corrected chi connectivity index (χ3v) is 6.77. The van der Waals surface area contributed by atoms with Crippen LogP contribution in [0.3, 0.4) is 0 Å². The molecule has 0 aromatic heterocycles. The Morgan fingerprint density at radius 3 is 2.22 bits per heavy atom. The van der Waals surface area contributed by atoms with Gasteiger partial charge in [0.1, 0.15) is 17.8 Å². The number of alkyl halides is 3. The minimum Gasteiger partial charge on any atom is -0.483 e. The van der Waals surface area contributed by atoms with Gasteiger partial charge < -0.3 is 25.2 Å². The van der Waals surface area contributed by atoms with Gasteiger partial charge in [0.2, 0.25) is 11.8 Å². The zero-order chi connectivity index (χ0) is 31.3. The van der Waals surface area contributed by atoms with Gasteiger partial charge in [0, 0.05) is 25.2 Å². The van der Waals surface area contributed by atoms with Crippen LogP contribution in [0.4, 0.5) is 13.2 Å². The lowest BCUT2D eigenvalue weighted by molar-refractivity contribution is -0.171. The van der Waals surface area contributed by atoms with Gasteiger partial charge in [-0.05, 0) is 65.5 Å². The fraction of sp³-hybridized carbons (Fsp3) is 0.655. The van der Waals surface area contributed by atoms with Gasteiger partial charge in [0.05, 0.1) is 11.5 Å². The van der Waals surface area contributed by atoms with Crippen molar-refractivity contribution in [3.63, 3.8) is 0 Å². The molecule has 1 aromatic rings. The van der Waals surface area contributed by atoms with E-state index in [1.807, 2.05) is 34.6 Å². The number of nitrogens with zero attached hydrogens (tertiary/aromatic N) is 2. The van der Waals surface area contributed by atoms with Crippen LogP contribution in [0.1, 0.15) is 71.7 Å². The fourth-order valence-corrected chi connectivity index (χ4v) is 4.55. The second-order valence-electron chi connectivity index (χ2n) is 12.3. The number of likely N-dealkylation sites (tertiary alicyclic amines) is 1. The first-order chi connectivity index (χ1) is 18.8. The molecule has 9 nitrogen and oxygen atoms in total. The van der Waals surface area contributed by atoms with Crippen LogP contribution in [0, 0.1) is 11.8 Å². The first-order valence-electron chi connectivity index (χ1n) is 13.8. The van der Waals surface area contributed by atoms with Crippen LogP contribution in [0.25, 0.3) is 0 Å². The van der Waals surface area contributed by atoms with Crippen molar-refractivity contribution >= 4 is 23.6 Å². The summed E-state index contributed by atoms with van der Waals surface area (Å²) in [5.74, 6) is -4.27. The van der Waals surface area contributed by atoms with E-state index in [0.29, 0.717) is 0 Å². The normalized spacial score (nSPS) is 18.3. The van der Waals surface area contributed by atoms with Crippen LogP contribution >= 0.6 is 0 Å². The number of nitrogens with one attached hydrogen (secondary N) is 2. The number of carbonyl (C=O) groups is 4. The molecule has 41 heavy (non-hydrogen) atoms. The second-order valence-corrected chi connectivity index (χ2v) is 12.3. The number of benzene rings is 1. The van der Waals surface area contributed by atoms with Crippen molar-refractivity contribution < 1.29 is 37.1 Å². The van der Waals surface area contributed by atoms with Gasteiger partial charge in [0.15, 0.2) is 6.61 Å². The molecule has 2 N–H and O–H groups in total. The predicted molar refractivity (Wildman–Crippen MR) is 148 cm³/mol. The Hall–Kier alpha value is -3.31. The molecule has 230 valence electrons. The maximum atomic E-state index is 13.7. The Kier molecular flexibility index (Phi) is 11.2. The number of para-hydroxylation sites is 1. The average Bonchev–Trinajstić information content (AvgIpc) is 3.30. The average molecular weight is 585 g/mol. The number of amides is 4. The molecule has 0 unspecified atom stereocenters. The first-order valence-corrected chi connectivity index (χ1v) is 13.8. The molecule has 2 rings (SSSR count). The number of rotatable bonds is 10. The molecule has 3 atom stereocenters. The number of likely N-dealkylation sites (N-methyl/N-ethyl adjacent to an activating group) is 1. The molecule has 4 amide bonds. The lowest BCUT2D eigenvalue weighted by Crippen LogP contribution is -2.54.